The number of H-pyrrole nitrogens is 2. The molecule has 0 spiro atoms. The third-order valence-electron chi connectivity index (χ3n) is 7.13. The van der Waals surface area contributed by atoms with Crippen LogP contribution in [-0.4, -0.2) is 42.9 Å². The molecule has 0 bridgehead atoms. The van der Waals surface area contributed by atoms with Crippen LogP contribution in [0.2, 0.25) is 0 Å². The SMILES string of the molecule is O=c1[nH]c(-c2ccc(OCCO)cc2)c(O)n1[C@H](CC1CCCCC1)c1ncc(-c2ccc(I)cc2F)[nH]1. The maximum Gasteiger partial charge on any atom is 0.329 e. The van der Waals surface area contributed by atoms with E-state index >= 15 is 0 Å². The predicted molar refractivity (Wildman–Crippen MR) is 151 cm³/mol. The van der Waals surface area contributed by atoms with Crippen LogP contribution in [0, 0.1) is 15.3 Å². The predicted octanol–water partition coefficient (Wildman–Crippen LogP) is 5.61. The Bertz CT molecular complexity index is 1440. The van der Waals surface area contributed by atoms with Gasteiger partial charge in [-0.25, -0.2) is 14.2 Å². The lowest BCUT2D eigenvalue weighted by Crippen LogP contribution is -2.26. The zero-order valence-corrected chi connectivity index (χ0v) is 22.9. The van der Waals surface area contributed by atoms with E-state index in [4.69, 9.17) is 9.84 Å². The molecule has 0 saturated heterocycles. The summed E-state index contributed by atoms with van der Waals surface area (Å²) in [4.78, 5) is 23.9. The molecular weight excluding hydrogens is 602 g/mol. The van der Waals surface area contributed by atoms with Gasteiger partial charge in [-0.15, -0.1) is 0 Å². The topological polar surface area (TPSA) is 116 Å². The molecule has 2 aromatic carbocycles. The smallest absolute Gasteiger partial charge is 0.329 e. The lowest BCUT2D eigenvalue weighted by atomic mass is 9.84. The van der Waals surface area contributed by atoms with Crippen molar-refractivity contribution in [1.82, 2.24) is 19.5 Å². The molecule has 1 atom stereocenters. The van der Waals surface area contributed by atoms with E-state index in [1.165, 1.54) is 17.1 Å². The number of hydrogen-bond donors (Lipinski definition) is 4. The molecule has 4 N–H and O–H groups in total. The molecule has 0 unspecified atom stereocenters. The number of aromatic amines is 2. The Hall–Kier alpha value is -3.12. The number of halogens is 2. The summed E-state index contributed by atoms with van der Waals surface area (Å²) in [6.45, 7) is 0.0870. The summed E-state index contributed by atoms with van der Waals surface area (Å²) in [6.07, 6.45) is 7.79. The summed E-state index contributed by atoms with van der Waals surface area (Å²) < 4.78 is 22.2. The zero-order chi connectivity index (χ0) is 26.6. The number of aliphatic hydroxyl groups is 1. The molecule has 10 heteroatoms. The van der Waals surface area contributed by atoms with Crippen molar-refractivity contribution < 1.29 is 19.3 Å². The molecule has 2 aromatic heterocycles. The molecule has 1 aliphatic carbocycles. The summed E-state index contributed by atoms with van der Waals surface area (Å²) in [6, 6.07) is 11.4. The quantitative estimate of drug-likeness (QED) is 0.179. The fourth-order valence-electron chi connectivity index (χ4n) is 5.24. The minimum atomic E-state index is -0.552. The van der Waals surface area contributed by atoms with E-state index in [1.807, 2.05) is 6.07 Å². The number of aromatic nitrogens is 4. The third-order valence-corrected chi connectivity index (χ3v) is 7.80. The first kappa shape index (κ1) is 26.5. The van der Waals surface area contributed by atoms with Gasteiger partial charge in [0, 0.05) is 14.7 Å². The molecule has 5 rings (SSSR count). The van der Waals surface area contributed by atoms with Crippen molar-refractivity contribution in [2.75, 3.05) is 13.2 Å². The summed E-state index contributed by atoms with van der Waals surface area (Å²) in [7, 11) is 0. The molecule has 1 aliphatic rings. The fourth-order valence-corrected chi connectivity index (χ4v) is 5.69. The second kappa shape index (κ2) is 11.7. The van der Waals surface area contributed by atoms with Gasteiger partial charge in [0.25, 0.3) is 0 Å². The van der Waals surface area contributed by atoms with Crippen molar-refractivity contribution in [1.29, 1.82) is 0 Å². The lowest BCUT2D eigenvalue weighted by Gasteiger charge is -2.26. The van der Waals surface area contributed by atoms with Gasteiger partial charge in [-0.2, -0.15) is 0 Å². The Kier molecular flexibility index (Phi) is 8.18. The number of hydrogen-bond acceptors (Lipinski definition) is 5. The standard InChI is InChI=1S/C28H30FIN4O4/c29-22-15-19(30)8-11-21(22)23-16-31-26(32-23)24(14-17-4-2-1-3-5-17)34-27(36)25(33-28(34)37)18-6-9-20(10-7-18)38-13-12-35/h6-11,15-17,24,35-36H,1-5,12-14H2,(H,31,32)(H,33,37)/t24-/m1/s1. The van der Waals surface area contributed by atoms with Crippen LogP contribution in [0.15, 0.2) is 53.5 Å². The normalized spacial score (nSPS) is 15.0. The Morgan fingerprint density at radius 3 is 2.61 bits per heavy atom. The van der Waals surface area contributed by atoms with E-state index < -0.39 is 11.7 Å². The van der Waals surface area contributed by atoms with Crippen molar-refractivity contribution in [3.63, 3.8) is 0 Å². The van der Waals surface area contributed by atoms with Gasteiger partial charge in [0.15, 0.2) is 0 Å². The number of imidazole rings is 2. The van der Waals surface area contributed by atoms with Gasteiger partial charge in [-0.1, -0.05) is 32.1 Å². The van der Waals surface area contributed by atoms with Gasteiger partial charge >= 0.3 is 5.69 Å². The first-order chi connectivity index (χ1) is 18.4. The molecule has 0 aliphatic heterocycles. The number of rotatable bonds is 9. The number of ether oxygens (including phenoxy) is 1. The van der Waals surface area contributed by atoms with Crippen LogP contribution in [0.5, 0.6) is 11.6 Å². The van der Waals surface area contributed by atoms with Gasteiger partial charge in [0.1, 0.15) is 29.7 Å². The first-order valence-corrected chi connectivity index (χ1v) is 13.9. The van der Waals surface area contributed by atoms with Crippen molar-refractivity contribution in [2.24, 2.45) is 5.92 Å². The van der Waals surface area contributed by atoms with Crippen LogP contribution >= 0.6 is 22.6 Å². The molecule has 1 fully saturated rings. The molecule has 200 valence electrons. The highest BCUT2D eigenvalue weighted by molar-refractivity contribution is 14.1. The van der Waals surface area contributed by atoms with Gasteiger partial charge < -0.3 is 24.9 Å². The van der Waals surface area contributed by atoms with Gasteiger partial charge in [0.05, 0.1) is 24.5 Å². The van der Waals surface area contributed by atoms with Gasteiger partial charge in [-0.05, 0) is 77.4 Å². The average molecular weight is 632 g/mol. The maximum atomic E-state index is 14.7. The van der Waals surface area contributed by atoms with E-state index in [-0.39, 0.29) is 24.9 Å². The summed E-state index contributed by atoms with van der Waals surface area (Å²) in [5, 5.41) is 20.3. The Morgan fingerprint density at radius 2 is 1.89 bits per heavy atom. The Balaban J connectivity index is 1.51. The molecule has 0 amide bonds. The number of benzene rings is 2. The summed E-state index contributed by atoms with van der Waals surface area (Å²) in [5.41, 5.74) is 1.39. The van der Waals surface area contributed by atoms with Crippen molar-refractivity contribution in [3.8, 4) is 34.1 Å². The maximum absolute atomic E-state index is 14.7. The molecule has 4 aromatic rings. The van der Waals surface area contributed by atoms with Gasteiger partial charge in [-0.3, -0.25) is 4.57 Å². The van der Waals surface area contributed by atoms with Crippen LogP contribution in [-0.2, 0) is 0 Å². The monoisotopic (exact) mass is 632 g/mol. The minimum absolute atomic E-state index is 0.0915. The average Bonchev–Trinajstić information content (AvgIpc) is 3.51. The van der Waals surface area contributed by atoms with Crippen molar-refractivity contribution in [2.45, 2.75) is 44.6 Å². The highest BCUT2D eigenvalue weighted by atomic mass is 127. The van der Waals surface area contributed by atoms with E-state index in [0.717, 1.165) is 29.3 Å². The molecule has 2 heterocycles. The zero-order valence-electron chi connectivity index (χ0n) is 20.8. The van der Waals surface area contributed by atoms with Gasteiger partial charge in [0.2, 0.25) is 5.88 Å². The van der Waals surface area contributed by atoms with E-state index in [0.29, 0.717) is 46.4 Å². The molecular formula is C28H30FIN4O4. The van der Waals surface area contributed by atoms with Crippen LogP contribution in [0.3, 0.4) is 0 Å². The summed E-state index contributed by atoms with van der Waals surface area (Å²) in [5.74, 6) is 0.916. The number of aliphatic hydroxyl groups excluding tert-OH is 1. The Morgan fingerprint density at radius 1 is 1.13 bits per heavy atom. The van der Waals surface area contributed by atoms with Crippen LogP contribution in [0.4, 0.5) is 4.39 Å². The minimum Gasteiger partial charge on any atom is -0.493 e. The number of nitrogens with zero attached hydrogens (tertiary/aromatic N) is 2. The molecule has 1 saturated carbocycles. The highest BCUT2D eigenvalue weighted by Crippen LogP contribution is 2.37. The second-order valence-corrected chi connectivity index (χ2v) is 10.9. The molecule has 0 radical (unpaired) electrons. The molecule has 8 nitrogen and oxygen atoms in total. The summed E-state index contributed by atoms with van der Waals surface area (Å²) >= 11 is 2.07. The second-order valence-electron chi connectivity index (χ2n) is 9.66. The van der Waals surface area contributed by atoms with Crippen molar-refractivity contribution in [3.05, 3.63) is 74.4 Å². The van der Waals surface area contributed by atoms with E-state index in [9.17, 15) is 14.3 Å². The Labute approximate surface area is 233 Å². The van der Waals surface area contributed by atoms with E-state index in [1.54, 1.807) is 36.5 Å². The fraction of sp³-hybridized carbons (Fsp3) is 0.357. The van der Waals surface area contributed by atoms with E-state index in [2.05, 4.69) is 37.5 Å². The number of aromatic hydroxyl groups is 1. The largest absolute Gasteiger partial charge is 0.493 e. The lowest BCUT2D eigenvalue weighted by molar-refractivity contribution is 0.201. The number of nitrogens with one attached hydrogen (secondary N) is 2. The molecule has 38 heavy (non-hydrogen) atoms. The first-order valence-electron chi connectivity index (χ1n) is 12.8. The van der Waals surface area contributed by atoms with Crippen LogP contribution in [0.25, 0.3) is 22.5 Å². The van der Waals surface area contributed by atoms with Crippen molar-refractivity contribution >= 4 is 22.6 Å². The van der Waals surface area contributed by atoms with Crippen LogP contribution < -0.4 is 10.4 Å². The highest BCUT2D eigenvalue weighted by Gasteiger charge is 2.29. The third kappa shape index (κ3) is 5.65. The van der Waals surface area contributed by atoms with Crippen LogP contribution in [0.1, 0.15) is 50.4 Å².